The van der Waals surface area contributed by atoms with Crippen molar-refractivity contribution in [3.8, 4) is 0 Å². The minimum atomic E-state index is -4.22. The van der Waals surface area contributed by atoms with Crippen LogP contribution in [0.1, 0.15) is 44.0 Å². The van der Waals surface area contributed by atoms with Crippen LogP contribution in [0.15, 0.2) is 48.5 Å². The van der Waals surface area contributed by atoms with Crippen LogP contribution in [0.5, 0.6) is 0 Å². The zero-order valence-corrected chi connectivity index (χ0v) is 20.5. The monoisotopic (exact) mass is 636 g/mol. The molecule has 0 spiro atoms. The molecule has 0 heterocycles. The predicted molar refractivity (Wildman–Crippen MR) is 103 cm³/mol. The van der Waals surface area contributed by atoms with Gasteiger partial charge in [-0.25, -0.2) is 0 Å². The van der Waals surface area contributed by atoms with E-state index in [1.807, 2.05) is 0 Å². The second-order valence-corrected chi connectivity index (χ2v) is 12.7. The quantitative estimate of drug-likeness (QED) is 0.251. The maximum atomic E-state index is 12.2. The topological polar surface area (TPSA) is 0 Å². The van der Waals surface area contributed by atoms with E-state index in [1.165, 1.54) is 0 Å². The third-order valence-corrected chi connectivity index (χ3v) is 9.71. The SMILES string of the molecule is C[Te]C(C)c1ccc(C(F)(F)F)cc1.C[Te]C(C)c1ccc(C(F)(F)F)cc1. The van der Waals surface area contributed by atoms with Gasteiger partial charge in [0.05, 0.1) is 0 Å². The van der Waals surface area contributed by atoms with E-state index in [0.717, 1.165) is 35.4 Å². The molecule has 0 aliphatic rings. The fourth-order valence-electron chi connectivity index (χ4n) is 2.16. The molecule has 2 aromatic carbocycles. The Bertz CT molecular complexity index is 642. The van der Waals surface area contributed by atoms with Gasteiger partial charge in [0.1, 0.15) is 0 Å². The van der Waals surface area contributed by atoms with Crippen LogP contribution in [0.25, 0.3) is 0 Å². The van der Waals surface area contributed by atoms with E-state index in [2.05, 4.69) is 23.8 Å². The Hall–Kier alpha value is -0.401. The molecule has 0 bridgehead atoms. The molecule has 0 nitrogen and oxygen atoms in total. The van der Waals surface area contributed by atoms with Gasteiger partial charge in [-0.3, -0.25) is 0 Å². The molecule has 0 aromatic heterocycles. The molecule has 2 aromatic rings. The summed E-state index contributed by atoms with van der Waals surface area (Å²) in [6.07, 6.45) is -8.44. The molecule has 0 aliphatic carbocycles. The van der Waals surface area contributed by atoms with Crippen LogP contribution in [0.3, 0.4) is 0 Å². The fraction of sp³-hybridized carbons (Fsp3) is 0.400. The summed E-state index contributed by atoms with van der Waals surface area (Å²) < 4.78 is 74.2. The molecule has 0 N–H and O–H groups in total. The van der Waals surface area contributed by atoms with Gasteiger partial charge in [-0.1, -0.05) is 0 Å². The average Bonchev–Trinajstić information content (AvgIpc) is 2.66. The van der Waals surface area contributed by atoms with Gasteiger partial charge in [0.15, 0.2) is 0 Å². The third-order valence-electron chi connectivity index (χ3n) is 4.12. The molecule has 0 saturated heterocycles. The molecule has 156 valence electrons. The van der Waals surface area contributed by atoms with Crippen LogP contribution in [0.4, 0.5) is 26.3 Å². The second kappa shape index (κ2) is 11.1. The van der Waals surface area contributed by atoms with Crippen molar-refractivity contribution >= 4 is 41.8 Å². The first-order valence-corrected chi connectivity index (χ1v) is 15.6. The molecular formula is C20H22F6Te2. The molecule has 0 amide bonds. The molecule has 8 heteroatoms. The van der Waals surface area contributed by atoms with E-state index in [-0.39, 0.29) is 41.8 Å². The van der Waals surface area contributed by atoms with Crippen molar-refractivity contribution in [2.75, 3.05) is 0 Å². The van der Waals surface area contributed by atoms with E-state index in [0.29, 0.717) is 7.93 Å². The van der Waals surface area contributed by atoms with E-state index in [4.69, 9.17) is 0 Å². The van der Waals surface area contributed by atoms with E-state index in [1.54, 1.807) is 24.3 Å². The molecule has 28 heavy (non-hydrogen) atoms. The Kier molecular flexibility index (Phi) is 10.2. The van der Waals surface area contributed by atoms with Gasteiger partial charge in [-0.2, -0.15) is 0 Å². The van der Waals surface area contributed by atoms with E-state index in [9.17, 15) is 26.3 Å². The van der Waals surface area contributed by atoms with Crippen molar-refractivity contribution in [1.29, 1.82) is 0 Å². The number of hydrogen-bond donors (Lipinski definition) is 0. The molecule has 2 atom stereocenters. The Morgan fingerprint density at radius 2 is 0.821 bits per heavy atom. The molecule has 2 rings (SSSR count). The van der Waals surface area contributed by atoms with Gasteiger partial charge < -0.3 is 0 Å². The standard InChI is InChI=1S/2C10H11F3Te/c2*1-7(14-2)8-3-5-9(6-4-8)10(11,12)13/h2*3-7H,1-2H3. The average molecular weight is 632 g/mol. The summed E-state index contributed by atoms with van der Waals surface area (Å²) in [5, 5.41) is 0. The van der Waals surface area contributed by atoms with Crippen molar-refractivity contribution < 1.29 is 26.3 Å². The van der Waals surface area contributed by atoms with Crippen LogP contribution >= 0.6 is 0 Å². The zero-order valence-electron chi connectivity index (χ0n) is 15.9. The van der Waals surface area contributed by atoms with Gasteiger partial charge in [0.2, 0.25) is 0 Å². The summed E-state index contributed by atoms with van der Waals surface area (Å²) in [5.74, 6) is 0. The normalized spacial score (nSPS) is 14.1. The summed E-state index contributed by atoms with van der Waals surface area (Å²) in [6.45, 7) is 4.12. The first-order chi connectivity index (χ1) is 12.9. The number of alkyl halides is 6. The van der Waals surface area contributed by atoms with E-state index < -0.39 is 23.5 Å². The van der Waals surface area contributed by atoms with Crippen LogP contribution < -0.4 is 0 Å². The predicted octanol–water partition coefficient (Wildman–Crippen LogP) is 7.04. The summed E-state index contributed by atoms with van der Waals surface area (Å²) in [7, 11) is 0. The fourth-order valence-corrected chi connectivity index (χ4v) is 4.61. The molecular weight excluding hydrogens is 609 g/mol. The van der Waals surface area contributed by atoms with Crippen molar-refractivity contribution in [1.82, 2.24) is 0 Å². The number of benzene rings is 2. The van der Waals surface area contributed by atoms with Crippen molar-refractivity contribution in [3.63, 3.8) is 0 Å². The van der Waals surface area contributed by atoms with Gasteiger partial charge in [-0.05, 0) is 0 Å². The molecule has 0 saturated carbocycles. The number of hydrogen-bond acceptors (Lipinski definition) is 0. The van der Waals surface area contributed by atoms with Crippen molar-refractivity contribution in [2.24, 2.45) is 0 Å². The Morgan fingerprint density at radius 3 is 1.00 bits per heavy atom. The molecule has 0 radical (unpaired) electrons. The van der Waals surface area contributed by atoms with Crippen LogP contribution in [-0.4, -0.2) is 41.8 Å². The third kappa shape index (κ3) is 8.15. The molecule has 2 unspecified atom stereocenters. The molecule has 0 fully saturated rings. The van der Waals surface area contributed by atoms with Crippen LogP contribution in [0, 0.1) is 0 Å². The summed E-state index contributed by atoms with van der Waals surface area (Å²) in [4.78, 5) is 4.29. The minimum absolute atomic E-state index is 0.116. The maximum absolute atomic E-state index is 12.2. The summed E-state index contributed by atoms with van der Waals surface area (Å²) >= 11 is -0.231. The van der Waals surface area contributed by atoms with Gasteiger partial charge in [0, 0.05) is 0 Å². The van der Waals surface area contributed by atoms with Gasteiger partial charge in [0.25, 0.3) is 0 Å². The Labute approximate surface area is 182 Å². The Balaban J connectivity index is 0.000000280. The number of halogens is 6. The van der Waals surface area contributed by atoms with Gasteiger partial charge in [-0.15, -0.1) is 0 Å². The van der Waals surface area contributed by atoms with Crippen molar-refractivity contribution in [3.05, 3.63) is 70.8 Å². The first kappa shape index (κ1) is 25.6. The van der Waals surface area contributed by atoms with Crippen LogP contribution in [-0.2, 0) is 12.4 Å². The first-order valence-electron chi connectivity index (χ1n) is 8.30. The van der Waals surface area contributed by atoms with Crippen LogP contribution in [0.2, 0.25) is 9.94 Å². The second-order valence-electron chi connectivity index (χ2n) is 6.00. The number of rotatable bonds is 4. The molecule has 0 aliphatic heterocycles. The summed E-state index contributed by atoms with van der Waals surface area (Å²) in [6, 6.07) is 11.0. The van der Waals surface area contributed by atoms with Gasteiger partial charge >= 0.3 is 183 Å². The van der Waals surface area contributed by atoms with Crippen molar-refractivity contribution in [2.45, 2.75) is 44.1 Å². The Morgan fingerprint density at radius 1 is 0.571 bits per heavy atom. The zero-order chi connectivity index (χ0) is 21.5. The van der Waals surface area contributed by atoms with E-state index >= 15 is 0 Å². The summed E-state index contributed by atoms with van der Waals surface area (Å²) in [5.41, 5.74) is 0.904.